The molecule has 3 N–H and O–H groups in total. The van der Waals surface area contributed by atoms with Crippen molar-refractivity contribution in [3.05, 3.63) is 52.6 Å². The van der Waals surface area contributed by atoms with Crippen molar-refractivity contribution in [2.45, 2.75) is 32.6 Å². The van der Waals surface area contributed by atoms with Gasteiger partial charge in [-0.15, -0.1) is 0 Å². The van der Waals surface area contributed by atoms with Crippen LogP contribution in [0.5, 0.6) is 0 Å². The second-order valence-corrected chi connectivity index (χ2v) is 6.94. The number of nitrogen functional groups attached to an aromatic ring is 1. The number of rotatable bonds is 3. The molecule has 4 nitrogen and oxygen atoms in total. The summed E-state index contributed by atoms with van der Waals surface area (Å²) in [5.41, 5.74) is 10.6. The molecule has 0 saturated heterocycles. The molecule has 0 saturated carbocycles. The van der Waals surface area contributed by atoms with Crippen molar-refractivity contribution in [3.63, 3.8) is 0 Å². The molecule has 0 unspecified atom stereocenters. The maximum Gasteiger partial charge on any atom is 0.262 e. The minimum Gasteiger partial charge on any atom is -0.399 e. The first-order valence-electron chi connectivity index (χ1n) is 6.68. The van der Waals surface area contributed by atoms with E-state index in [2.05, 4.69) is 4.72 Å². The summed E-state index contributed by atoms with van der Waals surface area (Å²) < 4.78 is 27.8. The number of hydrogen-bond acceptors (Lipinski definition) is 3. The lowest BCUT2D eigenvalue weighted by atomic mass is 10.00. The zero-order chi connectivity index (χ0) is 15.8. The second-order valence-electron chi connectivity index (χ2n) is 5.29. The summed E-state index contributed by atoms with van der Waals surface area (Å²) in [4.78, 5) is 0.319. The monoisotopic (exact) mass is 304 g/mol. The molecular formula is C16H20N2O2S. The van der Waals surface area contributed by atoms with E-state index in [9.17, 15) is 8.42 Å². The molecule has 2 aromatic carbocycles. The number of sulfonamides is 1. The Kier molecular flexibility index (Phi) is 3.96. The summed E-state index contributed by atoms with van der Waals surface area (Å²) in [6.45, 7) is 7.70. The summed E-state index contributed by atoms with van der Waals surface area (Å²) in [5, 5.41) is 0. The quantitative estimate of drug-likeness (QED) is 0.855. The number of anilines is 2. The number of benzene rings is 2. The Hall–Kier alpha value is -2.01. The molecule has 0 fully saturated rings. The minimum atomic E-state index is -3.61. The average molecular weight is 304 g/mol. The normalized spacial score (nSPS) is 11.4. The fourth-order valence-electron chi connectivity index (χ4n) is 2.22. The first-order valence-corrected chi connectivity index (χ1v) is 8.16. The minimum absolute atomic E-state index is 0.319. The van der Waals surface area contributed by atoms with E-state index in [-0.39, 0.29) is 0 Å². The van der Waals surface area contributed by atoms with E-state index < -0.39 is 10.0 Å². The molecule has 21 heavy (non-hydrogen) atoms. The molecule has 2 rings (SSSR count). The van der Waals surface area contributed by atoms with Crippen molar-refractivity contribution in [1.82, 2.24) is 0 Å². The fourth-order valence-corrected chi connectivity index (χ4v) is 3.66. The van der Waals surface area contributed by atoms with Gasteiger partial charge in [-0.2, -0.15) is 0 Å². The van der Waals surface area contributed by atoms with Gasteiger partial charge in [0, 0.05) is 11.4 Å². The van der Waals surface area contributed by atoms with Gasteiger partial charge >= 0.3 is 0 Å². The van der Waals surface area contributed by atoms with Crippen LogP contribution in [0, 0.1) is 27.7 Å². The van der Waals surface area contributed by atoms with Gasteiger partial charge in [0.15, 0.2) is 0 Å². The predicted molar refractivity (Wildman–Crippen MR) is 87.1 cm³/mol. The number of hydrogen-bond donors (Lipinski definition) is 2. The Balaban J connectivity index is 2.47. The van der Waals surface area contributed by atoms with Crippen molar-refractivity contribution < 1.29 is 8.42 Å². The molecule has 0 aliphatic carbocycles. The van der Waals surface area contributed by atoms with Gasteiger partial charge in [-0.1, -0.05) is 0 Å². The van der Waals surface area contributed by atoms with Gasteiger partial charge in [0.05, 0.1) is 4.90 Å². The molecule has 5 heteroatoms. The summed E-state index contributed by atoms with van der Waals surface area (Å²) >= 11 is 0. The van der Waals surface area contributed by atoms with Crippen molar-refractivity contribution in [2.75, 3.05) is 10.5 Å². The number of aryl methyl sites for hydroxylation is 1. The Bertz CT molecular complexity index is 779. The molecular weight excluding hydrogens is 284 g/mol. The number of nitrogens with one attached hydrogen (secondary N) is 1. The smallest absolute Gasteiger partial charge is 0.262 e. The molecule has 0 aliphatic rings. The molecule has 0 spiro atoms. The van der Waals surface area contributed by atoms with Crippen LogP contribution in [-0.2, 0) is 10.0 Å². The third-order valence-electron chi connectivity index (χ3n) is 3.89. The molecule has 0 amide bonds. The van der Waals surface area contributed by atoms with Crippen molar-refractivity contribution >= 4 is 21.4 Å². The fraction of sp³-hybridized carbons (Fsp3) is 0.250. The van der Waals surface area contributed by atoms with Crippen LogP contribution in [-0.4, -0.2) is 8.42 Å². The van der Waals surface area contributed by atoms with E-state index in [4.69, 9.17) is 5.73 Å². The van der Waals surface area contributed by atoms with E-state index in [1.807, 2.05) is 27.7 Å². The van der Waals surface area contributed by atoms with Crippen molar-refractivity contribution in [1.29, 1.82) is 0 Å². The summed E-state index contributed by atoms with van der Waals surface area (Å²) in [5.74, 6) is 0. The summed E-state index contributed by atoms with van der Waals surface area (Å²) in [6, 6.07) is 8.34. The number of nitrogens with two attached hydrogens (primary N) is 1. The van der Waals surface area contributed by atoms with Crippen molar-refractivity contribution in [3.8, 4) is 0 Å². The van der Waals surface area contributed by atoms with Crippen LogP contribution in [0.25, 0.3) is 0 Å². The standard InChI is InChI=1S/C16H20N2O2S/c1-10-9-16(13(4)12(3)11(10)2)21(19,20)18-15-7-5-14(17)6-8-15/h5-9,18H,17H2,1-4H3. The first kappa shape index (κ1) is 15.4. The maximum absolute atomic E-state index is 12.6. The third kappa shape index (κ3) is 3.03. The highest BCUT2D eigenvalue weighted by Crippen LogP contribution is 2.26. The predicted octanol–water partition coefficient (Wildman–Crippen LogP) is 3.30. The van der Waals surface area contributed by atoms with Crippen LogP contribution in [0.2, 0.25) is 0 Å². The second kappa shape index (κ2) is 5.41. The van der Waals surface area contributed by atoms with E-state index in [1.54, 1.807) is 30.3 Å². The Labute approximate surface area is 126 Å². The van der Waals surface area contributed by atoms with Gasteiger partial charge in [-0.05, 0) is 80.3 Å². The summed E-state index contributed by atoms with van der Waals surface area (Å²) in [6.07, 6.45) is 0. The lowest BCUT2D eigenvalue weighted by Crippen LogP contribution is -2.15. The molecule has 2 aromatic rings. The molecule has 0 radical (unpaired) electrons. The molecule has 0 bridgehead atoms. The van der Waals surface area contributed by atoms with E-state index >= 15 is 0 Å². The largest absolute Gasteiger partial charge is 0.399 e. The van der Waals surface area contributed by atoms with Crippen LogP contribution in [0.1, 0.15) is 22.3 Å². The zero-order valence-electron chi connectivity index (χ0n) is 12.7. The SMILES string of the molecule is Cc1cc(S(=O)(=O)Nc2ccc(N)cc2)c(C)c(C)c1C. The van der Waals surface area contributed by atoms with Crippen LogP contribution in [0.15, 0.2) is 35.2 Å². The Morgan fingerprint density at radius 2 is 1.48 bits per heavy atom. The maximum atomic E-state index is 12.6. The highest BCUT2D eigenvalue weighted by atomic mass is 32.2. The highest BCUT2D eigenvalue weighted by molar-refractivity contribution is 7.92. The molecule has 0 atom stereocenters. The van der Waals surface area contributed by atoms with Crippen LogP contribution in [0.3, 0.4) is 0 Å². The molecule has 0 heterocycles. The van der Waals surface area contributed by atoms with E-state index in [0.29, 0.717) is 16.3 Å². The van der Waals surface area contributed by atoms with Gasteiger partial charge in [0.1, 0.15) is 0 Å². The van der Waals surface area contributed by atoms with Crippen LogP contribution >= 0.6 is 0 Å². The zero-order valence-corrected chi connectivity index (χ0v) is 13.5. The Morgan fingerprint density at radius 3 is 2.05 bits per heavy atom. The van der Waals surface area contributed by atoms with Crippen molar-refractivity contribution in [2.24, 2.45) is 0 Å². The topological polar surface area (TPSA) is 72.2 Å². The van der Waals surface area contributed by atoms with Gasteiger partial charge in [-0.3, -0.25) is 4.72 Å². The van der Waals surface area contributed by atoms with Crippen LogP contribution < -0.4 is 10.5 Å². The van der Waals surface area contributed by atoms with Gasteiger partial charge < -0.3 is 5.73 Å². The molecule has 0 aliphatic heterocycles. The Morgan fingerprint density at radius 1 is 0.905 bits per heavy atom. The van der Waals surface area contributed by atoms with Gasteiger partial charge in [-0.25, -0.2) is 8.42 Å². The first-order chi connectivity index (χ1) is 9.72. The lowest BCUT2D eigenvalue weighted by molar-refractivity contribution is 0.600. The van der Waals surface area contributed by atoms with Gasteiger partial charge in [0.2, 0.25) is 0 Å². The van der Waals surface area contributed by atoms with Crippen LogP contribution in [0.4, 0.5) is 11.4 Å². The third-order valence-corrected chi connectivity index (χ3v) is 5.39. The van der Waals surface area contributed by atoms with E-state index in [0.717, 1.165) is 22.3 Å². The molecule has 0 aromatic heterocycles. The highest BCUT2D eigenvalue weighted by Gasteiger charge is 2.20. The van der Waals surface area contributed by atoms with Gasteiger partial charge in [0.25, 0.3) is 10.0 Å². The molecule has 112 valence electrons. The van der Waals surface area contributed by atoms with E-state index in [1.165, 1.54) is 0 Å². The summed E-state index contributed by atoms with van der Waals surface area (Å²) in [7, 11) is -3.61. The lowest BCUT2D eigenvalue weighted by Gasteiger charge is -2.15. The average Bonchev–Trinajstić information content (AvgIpc) is 2.42.